The fourth-order valence-corrected chi connectivity index (χ4v) is 3.56. The third-order valence-electron chi connectivity index (χ3n) is 5.60. The van der Waals surface area contributed by atoms with Crippen LogP contribution in [0.15, 0.2) is 0 Å². The molecule has 0 unspecified atom stereocenters. The first kappa shape index (κ1) is 21.6. The van der Waals surface area contributed by atoms with Gasteiger partial charge in [-0.2, -0.15) is 0 Å². The van der Waals surface area contributed by atoms with E-state index < -0.39 is 0 Å². The summed E-state index contributed by atoms with van der Waals surface area (Å²) in [6.07, 6.45) is 11.1. The van der Waals surface area contributed by atoms with Crippen LogP contribution in [0.3, 0.4) is 0 Å². The maximum atomic E-state index is 11.3. The zero-order chi connectivity index (χ0) is 18.6. The van der Waals surface area contributed by atoms with Crippen molar-refractivity contribution in [1.82, 2.24) is 15.1 Å². The number of carbonyl (C=O) groups excluding carboxylic acids is 1. The molecule has 0 bridgehead atoms. The molecule has 1 amide bonds. The molecular formula is C21H42N4O. The third kappa shape index (κ3) is 10.5. The minimum atomic E-state index is 0.173. The van der Waals surface area contributed by atoms with Gasteiger partial charge in [-0.05, 0) is 95.9 Å². The summed E-state index contributed by atoms with van der Waals surface area (Å²) in [6, 6.07) is 0. The van der Waals surface area contributed by atoms with Crippen molar-refractivity contribution in [3.05, 3.63) is 0 Å². The molecule has 2 aliphatic carbocycles. The Balaban J connectivity index is 1.57. The van der Waals surface area contributed by atoms with E-state index in [1.165, 1.54) is 71.2 Å². The van der Waals surface area contributed by atoms with Gasteiger partial charge in [0.25, 0.3) is 0 Å². The summed E-state index contributed by atoms with van der Waals surface area (Å²) in [5.41, 5.74) is 5.70. The Morgan fingerprint density at radius 3 is 1.85 bits per heavy atom. The molecule has 2 fully saturated rings. The average molecular weight is 367 g/mol. The maximum Gasteiger partial charge on any atom is 0.219 e. The first-order valence-corrected chi connectivity index (χ1v) is 11.1. The monoisotopic (exact) mass is 366 g/mol. The van der Waals surface area contributed by atoms with Crippen molar-refractivity contribution < 1.29 is 4.79 Å². The van der Waals surface area contributed by atoms with E-state index in [2.05, 4.69) is 15.1 Å². The molecule has 5 heteroatoms. The van der Waals surface area contributed by atoms with E-state index in [1.807, 2.05) is 6.92 Å². The van der Waals surface area contributed by atoms with E-state index in [1.54, 1.807) is 0 Å². The number of unbranched alkanes of at least 4 members (excludes halogenated alkanes) is 1. The van der Waals surface area contributed by atoms with Crippen molar-refractivity contribution in [3.8, 4) is 0 Å². The highest BCUT2D eigenvalue weighted by atomic mass is 16.1. The van der Waals surface area contributed by atoms with Crippen LogP contribution < -0.4 is 11.1 Å². The maximum absolute atomic E-state index is 11.3. The second-order valence-electron chi connectivity index (χ2n) is 8.39. The smallest absolute Gasteiger partial charge is 0.219 e. The third-order valence-corrected chi connectivity index (χ3v) is 5.60. The van der Waals surface area contributed by atoms with Crippen molar-refractivity contribution in [2.45, 2.75) is 64.7 Å². The Kier molecular flexibility index (Phi) is 10.6. The minimum absolute atomic E-state index is 0.173. The lowest BCUT2D eigenvalue weighted by atomic mass is 10.2. The van der Waals surface area contributed by atoms with Crippen LogP contribution in [0.4, 0.5) is 0 Å². The number of amides is 1. The van der Waals surface area contributed by atoms with Gasteiger partial charge in [-0.15, -0.1) is 0 Å². The molecule has 3 N–H and O–H groups in total. The fourth-order valence-electron chi connectivity index (χ4n) is 3.56. The molecule has 2 saturated carbocycles. The molecule has 2 rings (SSSR count). The Bertz CT molecular complexity index is 382. The van der Waals surface area contributed by atoms with Crippen LogP contribution in [0.1, 0.15) is 64.7 Å². The summed E-state index contributed by atoms with van der Waals surface area (Å²) in [5.74, 6) is 2.08. The number of hydrogen-bond donors (Lipinski definition) is 2. The van der Waals surface area contributed by atoms with Crippen molar-refractivity contribution in [2.24, 2.45) is 17.6 Å². The van der Waals surface area contributed by atoms with Crippen molar-refractivity contribution >= 4 is 5.91 Å². The summed E-state index contributed by atoms with van der Waals surface area (Å²) in [6.45, 7) is 10.9. The summed E-state index contributed by atoms with van der Waals surface area (Å²) in [4.78, 5) is 16.6. The standard InChI is InChI=1S/C21H42N4O/c1-2-21(26)23-12-6-16-25(18-20-9-10-20)14-4-3-13-24(15-5-11-22)17-19-7-8-19/h19-20H,2-18,22H2,1H3,(H,23,26). The highest BCUT2D eigenvalue weighted by Crippen LogP contribution is 2.30. The fraction of sp³-hybridized carbons (Fsp3) is 0.952. The number of carbonyl (C=O) groups is 1. The van der Waals surface area contributed by atoms with Crippen molar-refractivity contribution in [3.63, 3.8) is 0 Å². The highest BCUT2D eigenvalue weighted by Gasteiger charge is 2.25. The van der Waals surface area contributed by atoms with E-state index in [0.717, 1.165) is 44.3 Å². The van der Waals surface area contributed by atoms with Crippen molar-refractivity contribution in [2.75, 3.05) is 52.4 Å². The predicted octanol–water partition coefficient (Wildman–Crippen LogP) is 2.46. The number of nitrogens with two attached hydrogens (primary N) is 1. The molecule has 0 saturated heterocycles. The molecule has 5 nitrogen and oxygen atoms in total. The number of hydrogen-bond acceptors (Lipinski definition) is 4. The van der Waals surface area contributed by atoms with Gasteiger partial charge in [-0.1, -0.05) is 6.92 Å². The number of nitrogens with one attached hydrogen (secondary N) is 1. The number of nitrogens with zero attached hydrogens (tertiary/aromatic N) is 2. The molecule has 0 aliphatic heterocycles. The lowest BCUT2D eigenvalue weighted by molar-refractivity contribution is -0.120. The normalized spacial score (nSPS) is 17.2. The predicted molar refractivity (Wildman–Crippen MR) is 109 cm³/mol. The average Bonchev–Trinajstić information content (AvgIpc) is 3.55. The molecule has 0 atom stereocenters. The summed E-state index contributed by atoms with van der Waals surface area (Å²) >= 11 is 0. The molecule has 2 aliphatic rings. The second-order valence-corrected chi connectivity index (χ2v) is 8.39. The zero-order valence-electron chi connectivity index (χ0n) is 17.1. The topological polar surface area (TPSA) is 61.6 Å². The molecule has 0 aromatic heterocycles. The van der Waals surface area contributed by atoms with E-state index in [9.17, 15) is 4.79 Å². The highest BCUT2D eigenvalue weighted by molar-refractivity contribution is 5.75. The van der Waals surface area contributed by atoms with Gasteiger partial charge in [0.05, 0.1) is 0 Å². The van der Waals surface area contributed by atoms with E-state index in [4.69, 9.17) is 5.73 Å². The van der Waals surface area contributed by atoms with Gasteiger partial charge in [0.1, 0.15) is 0 Å². The lowest BCUT2D eigenvalue weighted by Crippen LogP contribution is -2.33. The van der Waals surface area contributed by atoms with Gasteiger partial charge in [0.2, 0.25) is 5.91 Å². The molecule has 0 radical (unpaired) electrons. The van der Waals surface area contributed by atoms with Crippen LogP contribution in [0.25, 0.3) is 0 Å². The molecular weight excluding hydrogens is 324 g/mol. The van der Waals surface area contributed by atoms with E-state index in [-0.39, 0.29) is 5.91 Å². The molecule has 0 aromatic carbocycles. The molecule has 0 heterocycles. The van der Waals surface area contributed by atoms with Crippen molar-refractivity contribution in [1.29, 1.82) is 0 Å². The first-order valence-electron chi connectivity index (χ1n) is 11.1. The van der Waals surface area contributed by atoms with Crippen LogP contribution in [-0.2, 0) is 4.79 Å². The largest absolute Gasteiger partial charge is 0.356 e. The molecule has 0 aromatic rings. The van der Waals surface area contributed by atoms with Gasteiger partial charge in [-0.3, -0.25) is 4.79 Å². The zero-order valence-corrected chi connectivity index (χ0v) is 17.1. The molecule has 152 valence electrons. The summed E-state index contributed by atoms with van der Waals surface area (Å²) < 4.78 is 0. The van der Waals surface area contributed by atoms with Gasteiger partial charge in [0, 0.05) is 26.1 Å². The number of rotatable bonds is 17. The lowest BCUT2D eigenvalue weighted by Gasteiger charge is -2.24. The van der Waals surface area contributed by atoms with Crippen LogP contribution in [0.2, 0.25) is 0 Å². The van der Waals surface area contributed by atoms with E-state index in [0.29, 0.717) is 6.42 Å². The SMILES string of the molecule is CCC(=O)NCCCN(CCCCN(CCCN)CC1CC1)CC1CC1. The Hall–Kier alpha value is -0.650. The summed E-state index contributed by atoms with van der Waals surface area (Å²) in [7, 11) is 0. The Labute approximate surface area is 161 Å². The Morgan fingerprint density at radius 1 is 0.885 bits per heavy atom. The van der Waals surface area contributed by atoms with Gasteiger partial charge in [-0.25, -0.2) is 0 Å². The van der Waals surface area contributed by atoms with E-state index >= 15 is 0 Å². The summed E-state index contributed by atoms with van der Waals surface area (Å²) in [5, 5.41) is 3.00. The van der Waals surface area contributed by atoms with Gasteiger partial charge >= 0.3 is 0 Å². The minimum Gasteiger partial charge on any atom is -0.356 e. The van der Waals surface area contributed by atoms with Crippen LogP contribution in [0.5, 0.6) is 0 Å². The molecule has 0 spiro atoms. The second kappa shape index (κ2) is 12.7. The van der Waals surface area contributed by atoms with Crippen LogP contribution in [-0.4, -0.2) is 68.1 Å². The van der Waals surface area contributed by atoms with Gasteiger partial charge in [0.15, 0.2) is 0 Å². The van der Waals surface area contributed by atoms with Crippen LogP contribution >= 0.6 is 0 Å². The Morgan fingerprint density at radius 2 is 1.38 bits per heavy atom. The van der Waals surface area contributed by atoms with Crippen LogP contribution in [0, 0.1) is 11.8 Å². The quantitative estimate of drug-likeness (QED) is 0.388. The molecule has 26 heavy (non-hydrogen) atoms. The first-order chi connectivity index (χ1) is 12.7. The van der Waals surface area contributed by atoms with Gasteiger partial charge < -0.3 is 20.9 Å².